The van der Waals surface area contributed by atoms with Crippen LogP contribution in [0.25, 0.3) is 0 Å². The van der Waals surface area contributed by atoms with Gasteiger partial charge in [0.1, 0.15) is 5.60 Å². The normalized spacial score (nSPS) is 26.9. The van der Waals surface area contributed by atoms with Gasteiger partial charge in [-0.2, -0.15) is 0 Å². The molecule has 0 unspecified atom stereocenters. The molecule has 0 aromatic rings. The molecule has 0 aliphatic carbocycles. The first kappa shape index (κ1) is 17.2. The van der Waals surface area contributed by atoms with Gasteiger partial charge in [-0.25, -0.2) is 4.79 Å². The van der Waals surface area contributed by atoms with Crippen LogP contribution >= 0.6 is 0 Å². The molecule has 2 atom stereocenters. The maximum Gasteiger partial charge on any atom is 0.410 e. The number of nitrogens with zero attached hydrogens (tertiary/aromatic N) is 1. The molecule has 0 spiro atoms. The van der Waals surface area contributed by atoms with Gasteiger partial charge in [0.05, 0.1) is 18.2 Å². The number of amides is 1. The summed E-state index contributed by atoms with van der Waals surface area (Å²) in [6, 6.07) is -0.339. The highest BCUT2D eigenvalue weighted by molar-refractivity contribution is 5.69. The Hall–Kier alpha value is -0.810. The number of carbonyl (C=O) groups is 1. The zero-order chi connectivity index (χ0) is 15.4. The van der Waals surface area contributed by atoms with Gasteiger partial charge in [-0.3, -0.25) is 4.90 Å². The maximum atomic E-state index is 12.2. The average molecular weight is 287 g/mol. The number of likely N-dealkylation sites (tertiary alicyclic amines) is 1. The fourth-order valence-corrected chi connectivity index (χ4v) is 2.25. The molecule has 1 fully saturated rings. The quantitative estimate of drug-likeness (QED) is 0.790. The number of carbonyl (C=O) groups excluding carboxylic acids is 1. The SMILES string of the molecule is CCCCOC[C@H]1N(C(=O)OC(C)(C)C)CC[C@]1(C)O. The van der Waals surface area contributed by atoms with Crippen molar-refractivity contribution >= 4 is 6.09 Å². The van der Waals surface area contributed by atoms with Crippen LogP contribution in [-0.2, 0) is 9.47 Å². The van der Waals surface area contributed by atoms with Gasteiger partial charge in [-0.15, -0.1) is 0 Å². The first-order valence-electron chi connectivity index (χ1n) is 7.47. The van der Waals surface area contributed by atoms with Crippen LogP contribution in [-0.4, -0.2) is 53.1 Å². The van der Waals surface area contributed by atoms with Crippen LogP contribution in [0, 0.1) is 0 Å². The van der Waals surface area contributed by atoms with Crippen LogP contribution in [0.4, 0.5) is 4.79 Å². The summed E-state index contributed by atoms with van der Waals surface area (Å²) in [5.74, 6) is 0. The van der Waals surface area contributed by atoms with Crippen LogP contribution in [0.2, 0.25) is 0 Å². The van der Waals surface area contributed by atoms with E-state index in [1.54, 1.807) is 11.8 Å². The molecule has 0 aromatic carbocycles. The van der Waals surface area contributed by atoms with Crippen molar-refractivity contribution in [3.8, 4) is 0 Å². The highest BCUT2D eigenvalue weighted by atomic mass is 16.6. The summed E-state index contributed by atoms with van der Waals surface area (Å²) >= 11 is 0. The minimum atomic E-state index is -0.914. The van der Waals surface area contributed by atoms with E-state index < -0.39 is 11.2 Å². The zero-order valence-electron chi connectivity index (χ0n) is 13.4. The lowest BCUT2D eigenvalue weighted by atomic mass is 9.98. The summed E-state index contributed by atoms with van der Waals surface area (Å²) in [4.78, 5) is 13.8. The Bertz CT molecular complexity index is 322. The zero-order valence-corrected chi connectivity index (χ0v) is 13.4. The Morgan fingerprint density at radius 2 is 2.10 bits per heavy atom. The number of ether oxygens (including phenoxy) is 2. The second kappa shape index (κ2) is 6.76. The second-order valence-electron chi connectivity index (χ2n) is 6.73. The van der Waals surface area contributed by atoms with Crippen molar-refractivity contribution in [2.75, 3.05) is 19.8 Å². The average Bonchev–Trinajstić information content (AvgIpc) is 2.58. The Morgan fingerprint density at radius 3 is 2.65 bits per heavy atom. The van der Waals surface area contributed by atoms with Gasteiger partial charge < -0.3 is 14.6 Å². The molecule has 1 aliphatic rings. The van der Waals surface area contributed by atoms with Gasteiger partial charge in [0.15, 0.2) is 0 Å². The highest BCUT2D eigenvalue weighted by Crippen LogP contribution is 2.30. The van der Waals surface area contributed by atoms with E-state index in [1.165, 1.54) is 0 Å². The molecule has 5 heteroatoms. The van der Waals surface area contributed by atoms with Gasteiger partial charge in [-0.1, -0.05) is 13.3 Å². The monoisotopic (exact) mass is 287 g/mol. The topological polar surface area (TPSA) is 59.0 Å². The van der Waals surface area contributed by atoms with Crippen molar-refractivity contribution in [3.63, 3.8) is 0 Å². The second-order valence-corrected chi connectivity index (χ2v) is 6.73. The van der Waals surface area contributed by atoms with Gasteiger partial charge in [0, 0.05) is 13.2 Å². The standard InChI is InChI=1S/C15H29NO4/c1-6-7-10-19-11-12-15(5,18)8-9-16(12)13(17)20-14(2,3)4/h12,18H,6-11H2,1-5H3/t12-,15+/m1/s1. The van der Waals surface area contributed by atoms with Crippen LogP contribution < -0.4 is 0 Å². The van der Waals surface area contributed by atoms with Gasteiger partial charge in [-0.05, 0) is 40.5 Å². The molecule has 0 radical (unpaired) electrons. The van der Waals surface area contributed by atoms with Crippen molar-refractivity contribution in [1.82, 2.24) is 4.90 Å². The minimum Gasteiger partial charge on any atom is -0.444 e. The molecule has 0 aromatic heterocycles. The van der Waals surface area contributed by atoms with Gasteiger partial charge in [0.25, 0.3) is 0 Å². The lowest BCUT2D eigenvalue weighted by Gasteiger charge is -2.32. The Balaban J connectivity index is 2.62. The van der Waals surface area contributed by atoms with Crippen molar-refractivity contribution in [2.45, 2.75) is 71.1 Å². The van der Waals surface area contributed by atoms with E-state index in [2.05, 4.69) is 6.92 Å². The van der Waals surface area contributed by atoms with Crippen molar-refractivity contribution in [2.24, 2.45) is 0 Å². The largest absolute Gasteiger partial charge is 0.444 e. The highest BCUT2D eigenvalue weighted by Gasteiger charge is 2.46. The first-order valence-corrected chi connectivity index (χ1v) is 7.47. The van der Waals surface area contributed by atoms with E-state index in [4.69, 9.17) is 9.47 Å². The molecule has 1 amide bonds. The maximum absolute atomic E-state index is 12.2. The van der Waals surface area contributed by atoms with Crippen molar-refractivity contribution < 1.29 is 19.4 Å². The number of aliphatic hydroxyl groups is 1. The minimum absolute atomic E-state index is 0.339. The lowest BCUT2D eigenvalue weighted by molar-refractivity contribution is -0.0363. The predicted octanol–water partition coefficient (Wildman–Crippen LogP) is 2.56. The van der Waals surface area contributed by atoms with Crippen LogP contribution in [0.1, 0.15) is 53.9 Å². The first-order chi connectivity index (χ1) is 9.17. The molecule has 1 rings (SSSR count). The summed E-state index contributed by atoms with van der Waals surface area (Å²) in [5.41, 5.74) is -1.44. The third kappa shape index (κ3) is 4.94. The summed E-state index contributed by atoms with van der Waals surface area (Å²) in [6.07, 6.45) is 2.23. The fourth-order valence-electron chi connectivity index (χ4n) is 2.25. The molecule has 0 bridgehead atoms. The molecule has 1 saturated heterocycles. The fraction of sp³-hybridized carbons (Fsp3) is 0.933. The van der Waals surface area contributed by atoms with E-state index in [-0.39, 0.29) is 12.1 Å². The molecule has 1 aliphatic heterocycles. The van der Waals surface area contributed by atoms with Gasteiger partial charge in [0.2, 0.25) is 0 Å². The Morgan fingerprint density at radius 1 is 1.45 bits per heavy atom. The van der Waals surface area contributed by atoms with E-state index in [0.29, 0.717) is 26.2 Å². The molecular formula is C15H29NO4. The van der Waals surface area contributed by atoms with E-state index in [0.717, 1.165) is 12.8 Å². The van der Waals surface area contributed by atoms with E-state index in [1.807, 2.05) is 20.8 Å². The number of hydrogen-bond donors (Lipinski definition) is 1. The van der Waals surface area contributed by atoms with Crippen LogP contribution in [0.3, 0.4) is 0 Å². The molecule has 0 saturated carbocycles. The molecule has 1 heterocycles. The predicted molar refractivity (Wildman–Crippen MR) is 77.7 cm³/mol. The molecule has 20 heavy (non-hydrogen) atoms. The van der Waals surface area contributed by atoms with Crippen molar-refractivity contribution in [1.29, 1.82) is 0 Å². The molecule has 5 nitrogen and oxygen atoms in total. The lowest BCUT2D eigenvalue weighted by Crippen LogP contribution is -2.49. The molecule has 118 valence electrons. The third-order valence-electron chi connectivity index (χ3n) is 3.50. The molecule has 1 N–H and O–H groups in total. The van der Waals surface area contributed by atoms with E-state index >= 15 is 0 Å². The van der Waals surface area contributed by atoms with Crippen LogP contribution in [0.5, 0.6) is 0 Å². The Kier molecular flexibility index (Phi) is 5.83. The summed E-state index contributed by atoms with van der Waals surface area (Å²) in [7, 11) is 0. The third-order valence-corrected chi connectivity index (χ3v) is 3.50. The molecular weight excluding hydrogens is 258 g/mol. The van der Waals surface area contributed by atoms with Crippen molar-refractivity contribution in [3.05, 3.63) is 0 Å². The summed E-state index contributed by atoms with van der Waals surface area (Å²) in [5, 5.41) is 10.4. The summed E-state index contributed by atoms with van der Waals surface area (Å²) in [6.45, 7) is 10.9. The number of unbranched alkanes of at least 4 members (excludes halogenated alkanes) is 1. The van der Waals surface area contributed by atoms with Crippen LogP contribution in [0.15, 0.2) is 0 Å². The Labute approximate surface area is 122 Å². The summed E-state index contributed by atoms with van der Waals surface area (Å²) < 4.78 is 11.0. The van der Waals surface area contributed by atoms with Gasteiger partial charge >= 0.3 is 6.09 Å². The number of hydrogen-bond acceptors (Lipinski definition) is 4. The number of rotatable bonds is 5. The van der Waals surface area contributed by atoms with E-state index in [9.17, 15) is 9.90 Å². The smallest absolute Gasteiger partial charge is 0.410 e.